The lowest BCUT2D eigenvalue weighted by atomic mass is 10.1. The van der Waals surface area contributed by atoms with Crippen molar-refractivity contribution in [2.75, 3.05) is 17.7 Å². The van der Waals surface area contributed by atoms with Crippen molar-refractivity contribution in [1.82, 2.24) is 0 Å². The monoisotopic (exact) mass is 288 g/mol. The summed E-state index contributed by atoms with van der Waals surface area (Å²) < 4.78 is 19.2. The van der Waals surface area contributed by atoms with E-state index in [1.165, 1.54) is 6.07 Å². The highest BCUT2D eigenvalue weighted by molar-refractivity contribution is 5.75. The van der Waals surface area contributed by atoms with E-state index in [0.717, 1.165) is 23.2 Å². The predicted octanol–water partition coefficient (Wildman–Crippen LogP) is 4.56. The summed E-state index contributed by atoms with van der Waals surface area (Å²) in [5.41, 5.74) is 10.1. The summed E-state index contributed by atoms with van der Waals surface area (Å²) in [6.07, 6.45) is 0.823. The summed E-state index contributed by atoms with van der Waals surface area (Å²) in [6, 6.07) is 9.02. The van der Waals surface area contributed by atoms with E-state index < -0.39 is 5.82 Å². The topological polar surface area (TPSA) is 47.3 Å². The zero-order chi connectivity index (χ0) is 15.4. The van der Waals surface area contributed by atoms with E-state index in [1.54, 1.807) is 6.07 Å². The molecule has 0 bridgehead atoms. The first kappa shape index (κ1) is 15.2. The number of anilines is 3. The quantitative estimate of drug-likeness (QED) is 0.793. The van der Waals surface area contributed by atoms with Gasteiger partial charge in [0.05, 0.1) is 18.0 Å². The molecule has 2 aromatic carbocycles. The van der Waals surface area contributed by atoms with Gasteiger partial charge in [0.15, 0.2) is 11.6 Å². The normalized spacial score (nSPS) is 10.5. The van der Waals surface area contributed by atoms with Crippen molar-refractivity contribution in [3.63, 3.8) is 0 Å². The molecule has 0 aromatic heterocycles. The number of nitrogens with two attached hydrogens (primary N) is 1. The fourth-order valence-corrected chi connectivity index (χ4v) is 2.02. The van der Waals surface area contributed by atoms with Gasteiger partial charge in [0.1, 0.15) is 0 Å². The fourth-order valence-electron chi connectivity index (χ4n) is 2.02. The standard InChI is InChI=1S/C17H21FN2O/c1-4-7-21-17-10-16(14(19)9-13(17)18)20-15-8-11(2)5-6-12(15)3/h5-6,8-10,20H,4,7,19H2,1-3H3. The van der Waals surface area contributed by atoms with Crippen LogP contribution in [0, 0.1) is 19.7 Å². The Morgan fingerprint density at radius 1 is 1.14 bits per heavy atom. The first-order valence-corrected chi connectivity index (χ1v) is 7.07. The SMILES string of the molecule is CCCOc1cc(Nc2cc(C)ccc2C)c(N)cc1F. The van der Waals surface area contributed by atoms with Crippen LogP contribution in [0.15, 0.2) is 30.3 Å². The van der Waals surface area contributed by atoms with Gasteiger partial charge in [-0.05, 0) is 37.5 Å². The second-order valence-corrected chi connectivity index (χ2v) is 5.16. The third-order valence-electron chi connectivity index (χ3n) is 3.23. The molecule has 112 valence electrons. The minimum atomic E-state index is -0.438. The van der Waals surface area contributed by atoms with E-state index in [2.05, 4.69) is 5.32 Å². The number of halogens is 1. The van der Waals surface area contributed by atoms with E-state index in [4.69, 9.17) is 10.5 Å². The molecular weight excluding hydrogens is 267 g/mol. The van der Waals surface area contributed by atoms with Gasteiger partial charge in [-0.15, -0.1) is 0 Å². The zero-order valence-electron chi connectivity index (χ0n) is 12.7. The van der Waals surface area contributed by atoms with Crippen LogP contribution in [0.4, 0.5) is 21.5 Å². The molecule has 0 aliphatic heterocycles. The van der Waals surface area contributed by atoms with Crippen LogP contribution in [-0.2, 0) is 0 Å². The molecule has 0 heterocycles. The molecule has 3 nitrogen and oxygen atoms in total. The highest BCUT2D eigenvalue weighted by Crippen LogP contribution is 2.31. The molecule has 2 rings (SSSR count). The Hall–Kier alpha value is -2.23. The molecule has 21 heavy (non-hydrogen) atoms. The predicted molar refractivity (Wildman–Crippen MR) is 85.8 cm³/mol. The molecular formula is C17H21FN2O. The first-order valence-electron chi connectivity index (χ1n) is 7.07. The van der Waals surface area contributed by atoms with Gasteiger partial charge in [0.2, 0.25) is 0 Å². The van der Waals surface area contributed by atoms with Gasteiger partial charge in [-0.3, -0.25) is 0 Å². The smallest absolute Gasteiger partial charge is 0.167 e. The van der Waals surface area contributed by atoms with Crippen molar-refractivity contribution in [2.45, 2.75) is 27.2 Å². The molecule has 0 saturated carbocycles. The highest BCUT2D eigenvalue weighted by Gasteiger charge is 2.10. The molecule has 0 aliphatic carbocycles. The van der Waals surface area contributed by atoms with E-state index in [1.807, 2.05) is 39.0 Å². The van der Waals surface area contributed by atoms with Crippen LogP contribution in [0.1, 0.15) is 24.5 Å². The Kier molecular flexibility index (Phi) is 4.68. The number of nitrogens with one attached hydrogen (secondary N) is 1. The Morgan fingerprint density at radius 2 is 1.90 bits per heavy atom. The van der Waals surface area contributed by atoms with Gasteiger partial charge in [-0.2, -0.15) is 0 Å². The summed E-state index contributed by atoms with van der Waals surface area (Å²) in [6.45, 7) is 6.48. The van der Waals surface area contributed by atoms with Crippen LogP contribution < -0.4 is 15.8 Å². The molecule has 4 heteroatoms. The van der Waals surface area contributed by atoms with Crippen LogP contribution in [-0.4, -0.2) is 6.61 Å². The summed E-state index contributed by atoms with van der Waals surface area (Å²) in [4.78, 5) is 0. The van der Waals surface area contributed by atoms with Crippen LogP contribution in [0.5, 0.6) is 5.75 Å². The van der Waals surface area contributed by atoms with Gasteiger partial charge >= 0.3 is 0 Å². The number of nitrogen functional groups attached to an aromatic ring is 1. The fraction of sp³-hybridized carbons (Fsp3) is 0.294. The molecule has 0 unspecified atom stereocenters. The number of ether oxygens (including phenoxy) is 1. The average Bonchev–Trinajstić information content (AvgIpc) is 2.44. The number of hydrogen-bond donors (Lipinski definition) is 2. The van der Waals surface area contributed by atoms with Gasteiger partial charge in [-0.25, -0.2) is 4.39 Å². The molecule has 0 fully saturated rings. The first-order chi connectivity index (χ1) is 10.0. The van der Waals surface area contributed by atoms with E-state index >= 15 is 0 Å². The van der Waals surface area contributed by atoms with Crippen molar-refractivity contribution >= 4 is 17.1 Å². The minimum absolute atomic E-state index is 0.221. The van der Waals surface area contributed by atoms with Crippen molar-refractivity contribution in [2.24, 2.45) is 0 Å². The summed E-state index contributed by atoms with van der Waals surface area (Å²) in [5.74, 6) is -0.216. The molecule has 0 radical (unpaired) electrons. The van der Waals surface area contributed by atoms with Crippen LogP contribution in [0.25, 0.3) is 0 Å². The number of benzene rings is 2. The van der Waals surface area contributed by atoms with Crippen molar-refractivity contribution in [3.8, 4) is 5.75 Å². The molecule has 0 saturated heterocycles. The lowest BCUT2D eigenvalue weighted by Crippen LogP contribution is -2.03. The van der Waals surface area contributed by atoms with Crippen molar-refractivity contribution in [1.29, 1.82) is 0 Å². The van der Waals surface area contributed by atoms with Gasteiger partial charge in [0, 0.05) is 17.8 Å². The maximum atomic E-state index is 13.8. The second kappa shape index (κ2) is 6.48. The summed E-state index contributed by atoms with van der Waals surface area (Å²) in [5, 5.41) is 3.25. The largest absolute Gasteiger partial charge is 0.490 e. The number of hydrogen-bond acceptors (Lipinski definition) is 3. The Labute approximate surface area is 124 Å². The van der Waals surface area contributed by atoms with Gasteiger partial charge in [-0.1, -0.05) is 19.1 Å². The Bertz CT molecular complexity index is 641. The molecule has 0 aliphatic rings. The maximum Gasteiger partial charge on any atom is 0.167 e. The van der Waals surface area contributed by atoms with Crippen LogP contribution in [0.2, 0.25) is 0 Å². The molecule has 0 spiro atoms. The van der Waals surface area contributed by atoms with Gasteiger partial charge in [0.25, 0.3) is 0 Å². The summed E-state index contributed by atoms with van der Waals surface area (Å²) >= 11 is 0. The lowest BCUT2D eigenvalue weighted by molar-refractivity contribution is 0.301. The summed E-state index contributed by atoms with van der Waals surface area (Å²) in [7, 11) is 0. The van der Waals surface area contributed by atoms with E-state index in [-0.39, 0.29) is 5.75 Å². The van der Waals surface area contributed by atoms with E-state index in [9.17, 15) is 4.39 Å². The van der Waals surface area contributed by atoms with Crippen molar-refractivity contribution in [3.05, 3.63) is 47.3 Å². The zero-order valence-corrected chi connectivity index (χ0v) is 12.7. The van der Waals surface area contributed by atoms with Crippen LogP contribution in [0.3, 0.4) is 0 Å². The lowest BCUT2D eigenvalue weighted by Gasteiger charge is -2.15. The Balaban J connectivity index is 2.32. The van der Waals surface area contributed by atoms with E-state index in [0.29, 0.717) is 18.0 Å². The number of aryl methyl sites for hydroxylation is 2. The third kappa shape index (κ3) is 3.66. The minimum Gasteiger partial charge on any atom is -0.490 e. The second-order valence-electron chi connectivity index (χ2n) is 5.16. The molecule has 0 amide bonds. The molecule has 3 N–H and O–H groups in total. The van der Waals surface area contributed by atoms with Crippen LogP contribution >= 0.6 is 0 Å². The Morgan fingerprint density at radius 3 is 2.62 bits per heavy atom. The highest BCUT2D eigenvalue weighted by atomic mass is 19.1. The van der Waals surface area contributed by atoms with Crippen molar-refractivity contribution < 1.29 is 9.13 Å². The van der Waals surface area contributed by atoms with Gasteiger partial charge < -0.3 is 15.8 Å². The third-order valence-corrected chi connectivity index (χ3v) is 3.23. The average molecular weight is 288 g/mol. The maximum absolute atomic E-state index is 13.8. The molecule has 0 atom stereocenters. The molecule has 2 aromatic rings. The number of rotatable bonds is 5.